The van der Waals surface area contributed by atoms with E-state index in [2.05, 4.69) is 19.7 Å². The normalized spacial score (nSPS) is 12.1. The van der Waals surface area contributed by atoms with Gasteiger partial charge in [0.1, 0.15) is 10.7 Å². The highest BCUT2D eigenvalue weighted by atomic mass is 127. The number of hydrogen-bond acceptors (Lipinski definition) is 7. The summed E-state index contributed by atoms with van der Waals surface area (Å²) in [5, 5.41) is 0.718. The second-order valence-electron chi connectivity index (χ2n) is 6.51. The van der Waals surface area contributed by atoms with Gasteiger partial charge in [-0.1, -0.05) is 28.4 Å². The molecular weight excluding hydrogens is 577 g/mol. The van der Waals surface area contributed by atoms with E-state index in [1.807, 2.05) is 22.6 Å². The lowest BCUT2D eigenvalue weighted by Crippen LogP contribution is -2.13. The molecule has 32 heavy (non-hydrogen) atoms. The minimum atomic E-state index is -3.86. The topological polar surface area (TPSA) is 100 Å². The molecule has 12 heteroatoms. The van der Waals surface area contributed by atoms with Crippen LogP contribution in [-0.2, 0) is 0 Å². The van der Waals surface area contributed by atoms with Crippen LogP contribution >= 0.6 is 45.0 Å². The number of fused-ring (bicyclic) bond motifs is 1. The van der Waals surface area contributed by atoms with Crippen LogP contribution in [0.2, 0.25) is 5.02 Å². The third-order valence-electron chi connectivity index (χ3n) is 4.47. The van der Waals surface area contributed by atoms with Crippen LogP contribution in [0.25, 0.3) is 22.0 Å². The zero-order valence-electron chi connectivity index (χ0n) is 16.2. The van der Waals surface area contributed by atoms with Gasteiger partial charge in [-0.2, -0.15) is 0 Å². The summed E-state index contributed by atoms with van der Waals surface area (Å²) < 4.78 is 59.3. The van der Waals surface area contributed by atoms with Gasteiger partial charge < -0.3 is 4.74 Å². The molecule has 0 bridgehead atoms. The first-order valence-electron chi connectivity index (χ1n) is 8.86. The van der Waals surface area contributed by atoms with Crippen LogP contribution in [0.4, 0.5) is 14.5 Å². The molecule has 0 aliphatic heterocycles. The average Bonchev–Trinajstić information content (AvgIpc) is 2.76. The van der Waals surface area contributed by atoms with Crippen molar-refractivity contribution in [3.05, 3.63) is 69.3 Å². The molecule has 2 aromatic carbocycles. The largest absolute Gasteiger partial charge is 0.480 e. The lowest BCUT2D eigenvalue weighted by molar-refractivity contribution is 0.381. The number of ether oxygens (including phenoxy) is 1. The van der Waals surface area contributed by atoms with E-state index >= 15 is 4.39 Å². The van der Waals surface area contributed by atoms with Crippen molar-refractivity contribution >= 4 is 61.6 Å². The third kappa shape index (κ3) is 4.43. The maximum atomic E-state index is 15.4. The van der Waals surface area contributed by atoms with E-state index in [1.165, 1.54) is 25.4 Å². The zero-order chi connectivity index (χ0) is 23.0. The summed E-state index contributed by atoms with van der Waals surface area (Å²) in [6.07, 6.45) is 2.82. The summed E-state index contributed by atoms with van der Waals surface area (Å²) in [7, 11) is -2.57. The smallest absolute Gasteiger partial charge is 0.239 e. The Morgan fingerprint density at radius 3 is 2.62 bits per heavy atom. The molecule has 0 radical (unpaired) electrons. The fraction of sp³-hybridized carbons (Fsp3) is 0.0500. The quantitative estimate of drug-likeness (QED) is 0.183. The van der Waals surface area contributed by atoms with Crippen molar-refractivity contribution < 1.29 is 22.6 Å². The number of rotatable bonds is 5. The second-order valence-corrected chi connectivity index (χ2v) is 9.65. The monoisotopic (exact) mass is 590 g/mol. The predicted octanol–water partition coefficient (Wildman–Crippen LogP) is 6.37. The number of methoxy groups -OCH3 is 1. The molecule has 2 heterocycles. The molecule has 4 aromatic rings. The van der Waals surface area contributed by atoms with Crippen LogP contribution in [0.3, 0.4) is 0 Å². The van der Waals surface area contributed by atoms with Gasteiger partial charge in [-0.15, -0.1) is 0 Å². The maximum absolute atomic E-state index is 15.4. The number of aromatic nitrogens is 3. The SMILES string of the molecule is COc1ncc(Cl)cc1S(O)(O)Nc1ccc(F)c(-c2ccc3nc(I)ncc3c2)c1F. The Balaban J connectivity index is 1.77. The zero-order valence-corrected chi connectivity index (χ0v) is 19.9. The summed E-state index contributed by atoms with van der Waals surface area (Å²) in [5.41, 5.74) is 0.182. The molecule has 0 atom stereocenters. The van der Waals surface area contributed by atoms with Crippen molar-refractivity contribution in [3.8, 4) is 17.0 Å². The highest BCUT2D eigenvalue weighted by Gasteiger charge is 2.25. The molecule has 166 valence electrons. The van der Waals surface area contributed by atoms with Gasteiger partial charge in [-0.05, 0) is 35.9 Å². The molecule has 3 N–H and O–H groups in total. The fourth-order valence-corrected chi connectivity index (χ4v) is 4.90. The molecule has 0 aliphatic carbocycles. The summed E-state index contributed by atoms with van der Waals surface area (Å²) >= 11 is 7.88. The summed E-state index contributed by atoms with van der Waals surface area (Å²) in [5.74, 6) is -1.93. The van der Waals surface area contributed by atoms with Crippen molar-refractivity contribution in [2.24, 2.45) is 0 Å². The number of anilines is 1. The number of nitrogens with one attached hydrogen (secondary N) is 1. The summed E-state index contributed by atoms with van der Waals surface area (Å²) in [6, 6.07) is 8.04. The van der Waals surface area contributed by atoms with Gasteiger partial charge in [-0.3, -0.25) is 13.8 Å². The first-order valence-corrected chi connectivity index (χ1v) is 11.9. The van der Waals surface area contributed by atoms with Crippen LogP contribution < -0.4 is 9.46 Å². The Morgan fingerprint density at radius 1 is 1.09 bits per heavy atom. The minimum Gasteiger partial charge on any atom is -0.480 e. The van der Waals surface area contributed by atoms with Gasteiger partial charge >= 0.3 is 0 Å². The molecule has 0 spiro atoms. The highest BCUT2D eigenvalue weighted by molar-refractivity contribution is 14.1. The van der Waals surface area contributed by atoms with Crippen molar-refractivity contribution in [1.29, 1.82) is 0 Å². The van der Waals surface area contributed by atoms with E-state index in [0.717, 1.165) is 12.1 Å². The Hall–Kier alpha value is -2.32. The van der Waals surface area contributed by atoms with Crippen molar-refractivity contribution in [3.63, 3.8) is 0 Å². The first-order chi connectivity index (χ1) is 15.2. The molecule has 2 aromatic heterocycles. The lowest BCUT2D eigenvalue weighted by atomic mass is 10.0. The van der Waals surface area contributed by atoms with Crippen LogP contribution in [0.1, 0.15) is 0 Å². The van der Waals surface area contributed by atoms with Crippen molar-refractivity contribution in [1.82, 2.24) is 15.0 Å². The van der Waals surface area contributed by atoms with Gasteiger partial charge in [-0.25, -0.2) is 23.7 Å². The van der Waals surface area contributed by atoms with Gasteiger partial charge in [0.25, 0.3) is 0 Å². The van der Waals surface area contributed by atoms with Crippen LogP contribution in [0.15, 0.2) is 53.7 Å². The first kappa shape index (κ1) is 22.9. The van der Waals surface area contributed by atoms with E-state index < -0.39 is 22.4 Å². The van der Waals surface area contributed by atoms with E-state index in [0.29, 0.717) is 14.7 Å². The molecule has 4 rings (SSSR count). The average molecular weight is 591 g/mol. The summed E-state index contributed by atoms with van der Waals surface area (Å²) in [6.45, 7) is 0. The number of hydrogen-bond donors (Lipinski definition) is 3. The Morgan fingerprint density at radius 2 is 1.88 bits per heavy atom. The third-order valence-corrected chi connectivity index (χ3v) is 6.60. The minimum absolute atomic E-state index is 0.103. The van der Waals surface area contributed by atoms with Crippen molar-refractivity contribution in [2.75, 3.05) is 11.8 Å². The Labute approximate surface area is 201 Å². The Bertz CT molecular complexity index is 1350. The highest BCUT2D eigenvalue weighted by Crippen LogP contribution is 2.52. The van der Waals surface area contributed by atoms with Gasteiger partial charge in [0.2, 0.25) is 5.88 Å². The van der Waals surface area contributed by atoms with Crippen molar-refractivity contribution in [2.45, 2.75) is 4.90 Å². The number of benzene rings is 2. The molecule has 0 saturated carbocycles. The molecule has 0 saturated heterocycles. The predicted molar refractivity (Wildman–Crippen MR) is 128 cm³/mol. The molecule has 0 aliphatic rings. The fourth-order valence-electron chi connectivity index (χ4n) is 3.04. The molecular formula is C20H14ClF2IN4O3S. The van der Waals surface area contributed by atoms with E-state index in [4.69, 9.17) is 16.3 Å². The maximum Gasteiger partial charge on any atom is 0.239 e. The molecule has 0 amide bonds. The standard InChI is InChI=1S/C20H14ClF2IN4O3S/c1-31-19-16(7-12(21)9-25-19)32(29,30)28-15-5-3-13(22)17(18(15)23)10-2-4-14-11(6-10)8-26-20(24)27-14/h2-9,28-30H,1H3. The summed E-state index contributed by atoms with van der Waals surface area (Å²) in [4.78, 5) is 12.1. The molecule has 7 nitrogen and oxygen atoms in total. The number of nitrogens with zero attached hydrogens (tertiary/aromatic N) is 3. The Kier molecular flexibility index (Phi) is 6.36. The van der Waals surface area contributed by atoms with Gasteiger partial charge in [0.05, 0.1) is 28.9 Å². The van der Waals surface area contributed by atoms with E-state index in [-0.39, 0.29) is 32.6 Å². The second kappa shape index (κ2) is 8.90. The van der Waals surface area contributed by atoms with Crippen LogP contribution in [-0.4, -0.2) is 31.2 Å². The molecule has 0 unspecified atom stereocenters. The number of pyridine rings is 1. The van der Waals surface area contributed by atoms with Gasteiger partial charge in [0.15, 0.2) is 9.65 Å². The van der Waals surface area contributed by atoms with Crippen LogP contribution in [0.5, 0.6) is 5.88 Å². The van der Waals surface area contributed by atoms with Crippen LogP contribution in [0, 0.1) is 15.5 Å². The number of halogens is 4. The molecule has 0 fully saturated rings. The van der Waals surface area contributed by atoms with E-state index in [1.54, 1.807) is 18.3 Å². The lowest BCUT2D eigenvalue weighted by Gasteiger charge is -2.34. The van der Waals surface area contributed by atoms with Gasteiger partial charge in [0, 0.05) is 40.4 Å². The van der Waals surface area contributed by atoms with E-state index in [9.17, 15) is 13.5 Å².